The third-order valence-corrected chi connectivity index (χ3v) is 5.43. The fourth-order valence-electron chi connectivity index (χ4n) is 3.15. The van der Waals surface area contributed by atoms with E-state index in [0.29, 0.717) is 34.5 Å². The number of thiophene rings is 1. The van der Waals surface area contributed by atoms with Gasteiger partial charge in [0.05, 0.1) is 32.1 Å². The van der Waals surface area contributed by atoms with Crippen LogP contribution in [0.4, 0.5) is 0 Å². The van der Waals surface area contributed by atoms with Gasteiger partial charge in [-0.3, -0.25) is 14.2 Å². The first-order valence-corrected chi connectivity index (χ1v) is 9.66. The molecule has 0 unspecified atom stereocenters. The maximum atomic E-state index is 13.1. The van der Waals surface area contributed by atoms with Crippen molar-refractivity contribution in [2.24, 2.45) is 0 Å². The lowest BCUT2D eigenvalue weighted by Gasteiger charge is -2.08. The quantitative estimate of drug-likeness (QED) is 0.461. The lowest BCUT2D eigenvalue weighted by molar-refractivity contribution is 0.0970. The van der Waals surface area contributed by atoms with Crippen LogP contribution in [0.25, 0.3) is 11.0 Å². The Balaban J connectivity index is 1.74. The van der Waals surface area contributed by atoms with Gasteiger partial charge < -0.3 is 9.30 Å². The third-order valence-electron chi connectivity index (χ3n) is 4.57. The molecule has 1 aromatic carbocycles. The molecule has 3 aromatic heterocycles. The first-order chi connectivity index (χ1) is 14.1. The fraction of sp³-hybridized carbons (Fsp3) is 0.143. The highest BCUT2D eigenvalue weighted by Crippen LogP contribution is 2.19. The van der Waals surface area contributed by atoms with Gasteiger partial charge >= 0.3 is 0 Å². The van der Waals surface area contributed by atoms with Gasteiger partial charge in [-0.15, -0.1) is 11.3 Å². The molecule has 0 bridgehead atoms. The number of benzene rings is 1. The highest BCUT2D eigenvalue weighted by atomic mass is 32.1. The SMILES string of the molecule is COc1cccc(C(=O)Cn2cnc3c(C#N)cn(Cc4cccs4)c3c2=O)c1. The summed E-state index contributed by atoms with van der Waals surface area (Å²) < 4.78 is 8.15. The van der Waals surface area contributed by atoms with Gasteiger partial charge in [0, 0.05) is 16.6 Å². The smallest absolute Gasteiger partial charge is 0.278 e. The molecule has 8 heteroatoms. The molecule has 0 aliphatic heterocycles. The van der Waals surface area contributed by atoms with Gasteiger partial charge in [-0.1, -0.05) is 18.2 Å². The number of Topliss-reactive ketones (excluding diaryl/α,β-unsaturated/α-hetero) is 1. The molecule has 0 saturated carbocycles. The Kier molecular flexibility index (Phi) is 4.97. The predicted octanol–water partition coefficient (Wildman–Crippen LogP) is 3.07. The number of hydrogen-bond acceptors (Lipinski definition) is 6. The number of hydrogen-bond donors (Lipinski definition) is 0. The first-order valence-electron chi connectivity index (χ1n) is 8.78. The summed E-state index contributed by atoms with van der Waals surface area (Å²) in [4.78, 5) is 31.1. The van der Waals surface area contributed by atoms with E-state index in [1.165, 1.54) is 18.0 Å². The molecule has 0 aliphatic carbocycles. The normalized spacial score (nSPS) is 10.8. The summed E-state index contributed by atoms with van der Waals surface area (Å²) in [5, 5.41) is 11.4. The van der Waals surface area contributed by atoms with Crippen molar-refractivity contribution in [3.8, 4) is 11.8 Å². The molecule has 0 aliphatic rings. The number of fused-ring (bicyclic) bond motifs is 1. The second-order valence-corrected chi connectivity index (χ2v) is 7.42. The van der Waals surface area contributed by atoms with Crippen molar-refractivity contribution in [3.63, 3.8) is 0 Å². The van der Waals surface area contributed by atoms with Crippen LogP contribution in [0.1, 0.15) is 20.8 Å². The molecule has 0 N–H and O–H groups in total. The zero-order valence-electron chi connectivity index (χ0n) is 15.5. The Bertz CT molecular complexity index is 1300. The molecule has 7 nitrogen and oxygen atoms in total. The average molecular weight is 404 g/mol. The Hall–Kier alpha value is -3.70. The monoisotopic (exact) mass is 404 g/mol. The Labute approximate surface area is 170 Å². The Morgan fingerprint density at radius 1 is 1.28 bits per heavy atom. The minimum atomic E-state index is -0.357. The fourth-order valence-corrected chi connectivity index (χ4v) is 3.85. The maximum absolute atomic E-state index is 13.1. The van der Waals surface area contributed by atoms with Crippen LogP contribution in [-0.4, -0.2) is 27.0 Å². The van der Waals surface area contributed by atoms with Crippen LogP contribution in [0.15, 0.2) is 59.1 Å². The van der Waals surface area contributed by atoms with Crippen LogP contribution in [0.3, 0.4) is 0 Å². The molecule has 0 amide bonds. The summed E-state index contributed by atoms with van der Waals surface area (Å²) in [5.74, 6) is 0.337. The van der Waals surface area contributed by atoms with Gasteiger partial charge in [-0.2, -0.15) is 5.26 Å². The molecule has 3 heterocycles. The van der Waals surface area contributed by atoms with Crippen molar-refractivity contribution in [3.05, 3.63) is 80.7 Å². The number of carbonyl (C=O) groups excluding carboxylic acids is 1. The number of aromatic nitrogens is 3. The van der Waals surface area contributed by atoms with E-state index in [1.54, 1.807) is 46.4 Å². The van der Waals surface area contributed by atoms with E-state index >= 15 is 0 Å². The first kappa shape index (κ1) is 18.7. The molecule has 0 radical (unpaired) electrons. The van der Waals surface area contributed by atoms with Gasteiger partial charge in [0.25, 0.3) is 5.56 Å². The van der Waals surface area contributed by atoms with E-state index in [-0.39, 0.29) is 17.9 Å². The highest BCUT2D eigenvalue weighted by Gasteiger charge is 2.17. The van der Waals surface area contributed by atoms with Crippen LogP contribution >= 0.6 is 11.3 Å². The molecule has 0 spiro atoms. The van der Waals surface area contributed by atoms with E-state index in [2.05, 4.69) is 11.1 Å². The lowest BCUT2D eigenvalue weighted by atomic mass is 10.1. The lowest BCUT2D eigenvalue weighted by Crippen LogP contribution is -2.26. The molecule has 29 heavy (non-hydrogen) atoms. The van der Waals surface area contributed by atoms with Crippen LogP contribution in [-0.2, 0) is 13.1 Å². The number of ether oxygens (including phenoxy) is 1. The summed E-state index contributed by atoms with van der Waals surface area (Å²) in [7, 11) is 1.53. The largest absolute Gasteiger partial charge is 0.497 e. The van der Waals surface area contributed by atoms with Gasteiger partial charge in [0.15, 0.2) is 5.78 Å². The van der Waals surface area contributed by atoms with Crippen LogP contribution < -0.4 is 10.3 Å². The van der Waals surface area contributed by atoms with Crippen molar-refractivity contribution >= 4 is 28.2 Å². The number of carbonyl (C=O) groups is 1. The standard InChI is InChI=1S/C21H16N4O3S/c1-28-16-5-2-4-14(8-16)18(26)12-25-13-23-19-15(9-22)10-24(20(19)21(25)27)11-17-6-3-7-29-17/h2-8,10,13H,11-12H2,1H3. The summed E-state index contributed by atoms with van der Waals surface area (Å²) >= 11 is 1.57. The van der Waals surface area contributed by atoms with Crippen LogP contribution in [0.5, 0.6) is 5.75 Å². The molecule has 4 rings (SSSR count). The van der Waals surface area contributed by atoms with E-state index in [4.69, 9.17) is 4.74 Å². The van der Waals surface area contributed by atoms with Crippen molar-refractivity contribution in [1.29, 1.82) is 5.26 Å². The van der Waals surface area contributed by atoms with Gasteiger partial charge in [-0.05, 0) is 23.6 Å². The average Bonchev–Trinajstić information content (AvgIpc) is 3.38. The summed E-state index contributed by atoms with van der Waals surface area (Å²) in [6.07, 6.45) is 2.95. The Morgan fingerprint density at radius 2 is 2.14 bits per heavy atom. The van der Waals surface area contributed by atoms with Gasteiger partial charge in [0.2, 0.25) is 0 Å². The highest BCUT2D eigenvalue weighted by molar-refractivity contribution is 7.09. The molecule has 144 valence electrons. The Morgan fingerprint density at radius 3 is 2.86 bits per heavy atom. The minimum absolute atomic E-state index is 0.152. The predicted molar refractivity (Wildman–Crippen MR) is 109 cm³/mol. The number of nitrogens with zero attached hydrogens (tertiary/aromatic N) is 4. The topological polar surface area (TPSA) is 89.9 Å². The zero-order chi connectivity index (χ0) is 20.4. The second-order valence-electron chi connectivity index (χ2n) is 6.39. The third kappa shape index (κ3) is 3.56. The van der Waals surface area contributed by atoms with Crippen molar-refractivity contribution < 1.29 is 9.53 Å². The zero-order valence-corrected chi connectivity index (χ0v) is 16.3. The summed E-state index contributed by atoms with van der Waals surface area (Å²) in [6.45, 7) is 0.307. The van der Waals surface area contributed by atoms with Crippen LogP contribution in [0, 0.1) is 11.3 Å². The van der Waals surface area contributed by atoms with Crippen molar-refractivity contribution in [2.45, 2.75) is 13.1 Å². The number of ketones is 1. The summed E-state index contributed by atoms with van der Waals surface area (Å²) in [5.41, 5.74) is 1.09. The molecule has 0 atom stereocenters. The molecular formula is C21H16N4O3S. The van der Waals surface area contributed by atoms with Crippen LogP contribution in [0.2, 0.25) is 0 Å². The molecule has 0 saturated heterocycles. The number of nitriles is 1. The number of rotatable bonds is 6. The van der Waals surface area contributed by atoms with Gasteiger partial charge in [0.1, 0.15) is 22.9 Å². The minimum Gasteiger partial charge on any atom is -0.497 e. The van der Waals surface area contributed by atoms with E-state index in [0.717, 1.165) is 4.88 Å². The van der Waals surface area contributed by atoms with Crippen molar-refractivity contribution in [2.75, 3.05) is 7.11 Å². The van der Waals surface area contributed by atoms with Crippen molar-refractivity contribution in [1.82, 2.24) is 14.1 Å². The maximum Gasteiger partial charge on any atom is 0.278 e. The molecule has 4 aromatic rings. The summed E-state index contributed by atoms with van der Waals surface area (Å²) in [6, 6.07) is 12.8. The second kappa shape index (κ2) is 7.73. The molecular weight excluding hydrogens is 388 g/mol. The van der Waals surface area contributed by atoms with E-state index < -0.39 is 0 Å². The van der Waals surface area contributed by atoms with E-state index in [1.807, 2.05) is 17.5 Å². The van der Waals surface area contributed by atoms with E-state index in [9.17, 15) is 14.9 Å². The number of methoxy groups -OCH3 is 1. The molecule has 0 fully saturated rings. The van der Waals surface area contributed by atoms with Gasteiger partial charge in [-0.25, -0.2) is 4.98 Å².